The van der Waals surface area contributed by atoms with Crippen molar-refractivity contribution in [1.29, 1.82) is 0 Å². The van der Waals surface area contributed by atoms with Crippen molar-refractivity contribution in [3.63, 3.8) is 0 Å². The smallest absolute Gasteiger partial charge is 0.141 e. The Labute approximate surface area is 100 Å². The summed E-state index contributed by atoms with van der Waals surface area (Å²) in [6.07, 6.45) is 1.50. The van der Waals surface area contributed by atoms with Crippen molar-refractivity contribution in [2.45, 2.75) is 32.3 Å². The predicted octanol–water partition coefficient (Wildman–Crippen LogP) is 3.13. The third-order valence-corrected chi connectivity index (χ3v) is 3.78. The zero-order valence-electron chi connectivity index (χ0n) is 9.24. The maximum Gasteiger partial charge on any atom is 0.141 e. The normalized spacial score (nSPS) is 27.1. The number of hydrogen-bond acceptors (Lipinski definition) is 2. The molecule has 0 unspecified atom stereocenters. The number of aliphatic hydroxyl groups is 1. The molecule has 0 aliphatic heterocycles. The van der Waals surface area contributed by atoms with Crippen LogP contribution in [0.5, 0.6) is 0 Å². The number of rotatable bonds is 2. The number of halogens is 1. The largest absolute Gasteiger partial charge is 0.387 e. The lowest BCUT2D eigenvalue weighted by Crippen LogP contribution is -2.29. The standard InChI is InChI=1S/C13H15ClO2/c1-13(8-2-3-11(13)15)12(16)9-4-6-10(14)7-5-9/h4-7,12,16H,2-3,8H2,1H3/t12-,13-/m1/s1. The lowest BCUT2D eigenvalue weighted by molar-refractivity contribution is -0.131. The van der Waals surface area contributed by atoms with Crippen LogP contribution in [0.25, 0.3) is 0 Å². The number of carbonyl (C=O) groups excluding carboxylic acids is 1. The molecule has 1 saturated carbocycles. The van der Waals surface area contributed by atoms with Gasteiger partial charge in [0.05, 0.1) is 11.5 Å². The van der Waals surface area contributed by atoms with Crippen molar-refractivity contribution in [3.8, 4) is 0 Å². The molecule has 1 N–H and O–H groups in total. The Morgan fingerprint density at radius 1 is 1.38 bits per heavy atom. The first kappa shape index (κ1) is 11.6. The van der Waals surface area contributed by atoms with Gasteiger partial charge in [-0.25, -0.2) is 0 Å². The van der Waals surface area contributed by atoms with Gasteiger partial charge in [0.2, 0.25) is 0 Å². The van der Waals surface area contributed by atoms with Crippen LogP contribution in [-0.4, -0.2) is 10.9 Å². The van der Waals surface area contributed by atoms with E-state index in [-0.39, 0.29) is 5.78 Å². The molecule has 0 bridgehead atoms. The topological polar surface area (TPSA) is 37.3 Å². The van der Waals surface area contributed by atoms with Crippen molar-refractivity contribution in [3.05, 3.63) is 34.9 Å². The fourth-order valence-electron chi connectivity index (χ4n) is 2.34. The van der Waals surface area contributed by atoms with Crippen LogP contribution >= 0.6 is 11.6 Å². The van der Waals surface area contributed by atoms with E-state index in [1.807, 2.05) is 6.92 Å². The minimum Gasteiger partial charge on any atom is -0.387 e. The molecule has 3 heteroatoms. The van der Waals surface area contributed by atoms with Crippen molar-refractivity contribution in [2.75, 3.05) is 0 Å². The Hall–Kier alpha value is -0.860. The van der Waals surface area contributed by atoms with Crippen molar-refractivity contribution >= 4 is 17.4 Å². The zero-order chi connectivity index (χ0) is 11.8. The number of carbonyl (C=O) groups is 1. The summed E-state index contributed by atoms with van der Waals surface area (Å²) in [6.45, 7) is 1.85. The summed E-state index contributed by atoms with van der Waals surface area (Å²) in [4.78, 5) is 11.8. The number of aliphatic hydroxyl groups excluding tert-OH is 1. The van der Waals surface area contributed by atoms with Crippen molar-refractivity contribution in [2.24, 2.45) is 5.41 Å². The molecule has 2 atom stereocenters. The summed E-state index contributed by atoms with van der Waals surface area (Å²) in [7, 11) is 0. The van der Waals surface area contributed by atoms with Crippen LogP contribution in [0.4, 0.5) is 0 Å². The molecule has 1 aliphatic carbocycles. The van der Waals surface area contributed by atoms with Gasteiger partial charge >= 0.3 is 0 Å². The van der Waals surface area contributed by atoms with Crippen molar-refractivity contribution in [1.82, 2.24) is 0 Å². The maximum atomic E-state index is 11.8. The van der Waals surface area contributed by atoms with Crippen LogP contribution in [-0.2, 0) is 4.79 Å². The second-order valence-electron chi connectivity index (χ2n) is 4.65. The highest BCUT2D eigenvalue weighted by molar-refractivity contribution is 6.30. The van der Waals surface area contributed by atoms with Gasteiger partial charge in [0.15, 0.2) is 0 Å². The van der Waals surface area contributed by atoms with E-state index >= 15 is 0 Å². The fraction of sp³-hybridized carbons (Fsp3) is 0.462. The van der Waals surface area contributed by atoms with E-state index in [9.17, 15) is 9.90 Å². The molecule has 2 rings (SSSR count). The number of hydrogen-bond donors (Lipinski definition) is 1. The molecule has 2 nitrogen and oxygen atoms in total. The summed E-state index contributed by atoms with van der Waals surface area (Å²) >= 11 is 5.79. The van der Waals surface area contributed by atoms with Gasteiger partial charge in [-0.15, -0.1) is 0 Å². The molecule has 1 fully saturated rings. The SMILES string of the molecule is C[C@@]1([C@H](O)c2ccc(Cl)cc2)CCCC1=O. The van der Waals surface area contributed by atoms with Gasteiger partial charge in [0.1, 0.15) is 5.78 Å². The van der Waals surface area contributed by atoms with Gasteiger partial charge in [-0.1, -0.05) is 23.7 Å². The first-order valence-electron chi connectivity index (χ1n) is 5.51. The summed E-state index contributed by atoms with van der Waals surface area (Å²) in [5.41, 5.74) is 0.149. The summed E-state index contributed by atoms with van der Waals surface area (Å²) in [5, 5.41) is 10.9. The third kappa shape index (κ3) is 1.87. The van der Waals surface area contributed by atoms with Gasteiger partial charge in [-0.2, -0.15) is 0 Å². The molecule has 1 aliphatic rings. The molecule has 0 heterocycles. The Bertz CT molecular complexity index is 399. The molecule has 0 radical (unpaired) electrons. The van der Waals surface area contributed by atoms with E-state index < -0.39 is 11.5 Å². The minimum atomic E-state index is -0.722. The van der Waals surface area contributed by atoms with Crippen LogP contribution in [0.15, 0.2) is 24.3 Å². The molecule has 16 heavy (non-hydrogen) atoms. The molecule has 0 aromatic heterocycles. The van der Waals surface area contributed by atoms with Gasteiger partial charge in [-0.3, -0.25) is 4.79 Å². The highest BCUT2D eigenvalue weighted by Crippen LogP contribution is 2.44. The Morgan fingerprint density at radius 2 is 2.00 bits per heavy atom. The highest BCUT2D eigenvalue weighted by Gasteiger charge is 2.43. The minimum absolute atomic E-state index is 0.162. The predicted molar refractivity (Wildman–Crippen MR) is 63.4 cm³/mol. The average molecular weight is 239 g/mol. The summed E-state index contributed by atoms with van der Waals surface area (Å²) < 4.78 is 0. The monoisotopic (exact) mass is 238 g/mol. The first-order valence-corrected chi connectivity index (χ1v) is 5.89. The van der Waals surface area contributed by atoms with E-state index in [1.165, 1.54) is 0 Å². The molecule has 1 aromatic carbocycles. The number of ketones is 1. The van der Waals surface area contributed by atoms with Crippen LogP contribution in [0.2, 0.25) is 5.02 Å². The van der Waals surface area contributed by atoms with Crippen LogP contribution in [0.1, 0.15) is 37.9 Å². The molecule has 0 amide bonds. The number of Topliss-reactive ketones (excluding diaryl/α,β-unsaturated/α-hetero) is 1. The molecular weight excluding hydrogens is 224 g/mol. The van der Waals surface area contributed by atoms with Gasteiger partial charge < -0.3 is 5.11 Å². The Morgan fingerprint density at radius 3 is 2.50 bits per heavy atom. The van der Waals surface area contributed by atoms with Crippen LogP contribution in [0.3, 0.4) is 0 Å². The second-order valence-corrected chi connectivity index (χ2v) is 5.08. The van der Waals surface area contributed by atoms with Gasteiger partial charge in [-0.05, 0) is 37.5 Å². The first-order chi connectivity index (χ1) is 7.54. The Kier molecular flexibility index (Phi) is 3.04. The lowest BCUT2D eigenvalue weighted by atomic mass is 9.78. The van der Waals surface area contributed by atoms with Crippen molar-refractivity contribution < 1.29 is 9.90 Å². The van der Waals surface area contributed by atoms with Gasteiger partial charge in [0, 0.05) is 11.4 Å². The average Bonchev–Trinajstić information content (AvgIpc) is 2.61. The molecule has 0 saturated heterocycles. The Balaban J connectivity index is 2.27. The number of benzene rings is 1. The zero-order valence-corrected chi connectivity index (χ0v) is 10.00. The maximum absolute atomic E-state index is 11.8. The van der Waals surface area contributed by atoms with Crippen LogP contribution in [0, 0.1) is 5.41 Å². The van der Waals surface area contributed by atoms with E-state index in [0.717, 1.165) is 18.4 Å². The summed E-state index contributed by atoms with van der Waals surface area (Å²) in [6, 6.07) is 7.04. The quantitative estimate of drug-likeness (QED) is 0.860. The molecular formula is C13H15ClO2. The third-order valence-electron chi connectivity index (χ3n) is 3.53. The van der Waals surface area contributed by atoms with E-state index in [1.54, 1.807) is 24.3 Å². The van der Waals surface area contributed by atoms with E-state index in [2.05, 4.69) is 0 Å². The highest BCUT2D eigenvalue weighted by atomic mass is 35.5. The van der Waals surface area contributed by atoms with Crippen LogP contribution < -0.4 is 0 Å². The summed E-state index contributed by atoms with van der Waals surface area (Å²) in [5.74, 6) is 0.162. The lowest BCUT2D eigenvalue weighted by Gasteiger charge is -2.28. The fourth-order valence-corrected chi connectivity index (χ4v) is 2.47. The second kappa shape index (κ2) is 4.19. The molecule has 1 aromatic rings. The molecule has 0 spiro atoms. The molecule has 86 valence electrons. The van der Waals surface area contributed by atoms with E-state index in [4.69, 9.17) is 11.6 Å². The van der Waals surface area contributed by atoms with E-state index in [0.29, 0.717) is 11.4 Å². The van der Waals surface area contributed by atoms with Gasteiger partial charge in [0.25, 0.3) is 0 Å².